The van der Waals surface area contributed by atoms with E-state index in [1.165, 1.54) is 0 Å². The van der Waals surface area contributed by atoms with Crippen molar-refractivity contribution in [1.29, 1.82) is 0 Å². The van der Waals surface area contributed by atoms with Gasteiger partial charge in [0, 0.05) is 38.8 Å². The summed E-state index contributed by atoms with van der Waals surface area (Å²) in [6.07, 6.45) is 3.60. The minimum absolute atomic E-state index is 0.0466. The number of nitrogens with zero attached hydrogens (tertiary/aromatic N) is 3. The monoisotopic (exact) mass is 294 g/mol. The van der Waals surface area contributed by atoms with E-state index in [2.05, 4.69) is 10.4 Å². The zero-order chi connectivity index (χ0) is 15.4. The molecule has 1 saturated heterocycles. The van der Waals surface area contributed by atoms with Crippen LogP contribution in [0.15, 0.2) is 12.3 Å². The summed E-state index contributed by atoms with van der Waals surface area (Å²) in [5.41, 5.74) is 0.940. The third-order valence-corrected chi connectivity index (χ3v) is 3.91. The van der Waals surface area contributed by atoms with Crippen molar-refractivity contribution in [2.24, 2.45) is 13.0 Å². The van der Waals surface area contributed by atoms with Crippen LogP contribution >= 0.6 is 0 Å². The lowest BCUT2D eigenvalue weighted by Crippen LogP contribution is -2.50. The van der Waals surface area contributed by atoms with E-state index < -0.39 is 5.97 Å². The summed E-state index contributed by atoms with van der Waals surface area (Å²) in [6.45, 7) is 2.92. The maximum atomic E-state index is 12.1. The average molecular weight is 294 g/mol. The molecule has 0 bridgehead atoms. The zero-order valence-electron chi connectivity index (χ0n) is 12.5. The van der Waals surface area contributed by atoms with Crippen molar-refractivity contribution in [2.45, 2.75) is 32.2 Å². The minimum atomic E-state index is -0.767. The second-order valence-corrected chi connectivity index (χ2v) is 5.56. The molecule has 2 unspecified atom stereocenters. The Morgan fingerprint density at radius 3 is 2.86 bits per heavy atom. The molecule has 1 aliphatic heterocycles. The Balaban J connectivity index is 1.77. The smallest absolute Gasteiger partial charge is 0.317 e. The van der Waals surface area contributed by atoms with Crippen molar-refractivity contribution in [3.63, 3.8) is 0 Å². The summed E-state index contributed by atoms with van der Waals surface area (Å²) >= 11 is 0. The number of hydrogen-bond acceptors (Lipinski definition) is 3. The van der Waals surface area contributed by atoms with Crippen LogP contribution in [0.2, 0.25) is 0 Å². The van der Waals surface area contributed by atoms with E-state index >= 15 is 0 Å². The Labute approximate surface area is 123 Å². The molecule has 2 atom stereocenters. The first-order valence-corrected chi connectivity index (χ1v) is 7.23. The van der Waals surface area contributed by atoms with Gasteiger partial charge in [-0.05, 0) is 25.8 Å². The Morgan fingerprint density at radius 2 is 2.29 bits per heavy atom. The highest BCUT2D eigenvalue weighted by Crippen LogP contribution is 2.22. The number of nitrogens with one attached hydrogen (secondary N) is 1. The molecule has 0 radical (unpaired) electrons. The molecular weight excluding hydrogens is 272 g/mol. The summed E-state index contributed by atoms with van der Waals surface area (Å²) in [5, 5.41) is 16.1. The third kappa shape index (κ3) is 3.96. The molecule has 7 heteroatoms. The second kappa shape index (κ2) is 6.60. The van der Waals surface area contributed by atoms with Crippen LogP contribution in [-0.2, 0) is 18.3 Å². The van der Waals surface area contributed by atoms with Crippen molar-refractivity contribution in [3.05, 3.63) is 18.0 Å². The number of aromatic nitrogens is 2. The van der Waals surface area contributed by atoms with Crippen molar-refractivity contribution < 1.29 is 14.7 Å². The van der Waals surface area contributed by atoms with Gasteiger partial charge in [0.25, 0.3) is 0 Å². The predicted octanol–water partition coefficient (Wildman–Crippen LogP) is 0.857. The van der Waals surface area contributed by atoms with Crippen LogP contribution in [-0.4, -0.2) is 50.9 Å². The van der Waals surface area contributed by atoms with Crippen LogP contribution in [0.3, 0.4) is 0 Å². The number of urea groups is 1. The Kier molecular flexibility index (Phi) is 4.82. The highest BCUT2D eigenvalue weighted by atomic mass is 16.4. The number of carbonyl (C=O) groups is 2. The van der Waals surface area contributed by atoms with E-state index in [4.69, 9.17) is 5.11 Å². The van der Waals surface area contributed by atoms with Gasteiger partial charge in [-0.25, -0.2) is 4.79 Å². The fourth-order valence-electron chi connectivity index (χ4n) is 2.69. The Morgan fingerprint density at radius 1 is 1.52 bits per heavy atom. The number of carbonyl (C=O) groups excluding carboxylic acids is 1. The van der Waals surface area contributed by atoms with Gasteiger partial charge in [0.2, 0.25) is 0 Å². The van der Waals surface area contributed by atoms with Gasteiger partial charge in [0.05, 0.1) is 11.6 Å². The lowest BCUT2D eigenvalue weighted by Gasteiger charge is -2.36. The normalized spacial score (nSPS) is 22.1. The predicted molar refractivity (Wildman–Crippen MR) is 76.8 cm³/mol. The lowest BCUT2D eigenvalue weighted by atomic mass is 9.92. The molecule has 1 fully saturated rings. The van der Waals surface area contributed by atoms with E-state index in [1.807, 2.05) is 26.2 Å². The maximum Gasteiger partial charge on any atom is 0.317 e. The molecule has 1 aromatic rings. The van der Waals surface area contributed by atoms with Crippen LogP contribution in [0.4, 0.5) is 4.79 Å². The molecule has 21 heavy (non-hydrogen) atoms. The van der Waals surface area contributed by atoms with Crippen molar-refractivity contribution in [2.75, 3.05) is 13.1 Å². The molecule has 116 valence electrons. The van der Waals surface area contributed by atoms with E-state index in [1.54, 1.807) is 9.58 Å². The standard InChI is InChI=1S/C14H22N4O3/c1-10-9-11(13(19)20)4-8-18(10)14(21)15-6-3-12-5-7-17(2)16-12/h5,7,10-11H,3-4,6,8-9H2,1-2H3,(H,15,21)(H,19,20). The van der Waals surface area contributed by atoms with Crippen LogP contribution in [0.5, 0.6) is 0 Å². The first kappa shape index (κ1) is 15.3. The molecule has 0 aliphatic carbocycles. The molecule has 1 aliphatic rings. The molecule has 0 spiro atoms. The third-order valence-electron chi connectivity index (χ3n) is 3.91. The summed E-state index contributed by atoms with van der Waals surface area (Å²) in [7, 11) is 1.86. The molecule has 0 aromatic carbocycles. The number of amides is 2. The van der Waals surface area contributed by atoms with Crippen molar-refractivity contribution >= 4 is 12.0 Å². The van der Waals surface area contributed by atoms with Crippen LogP contribution in [0.25, 0.3) is 0 Å². The largest absolute Gasteiger partial charge is 0.481 e. The number of aliphatic carboxylic acids is 1. The van der Waals surface area contributed by atoms with Gasteiger partial charge in [-0.15, -0.1) is 0 Å². The van der Waals surface area contributed by atoms with E-state index in [0.29, 0.717) is 32.4 Å². The van der Waals surface area contributed by atoms with Crippen LogP contribution in [0, 0.1) is 5.92 Å². The SMILES string of the molecule is CC1CC(C(=O)O)CCN1C(=O)NCCc1ccn(C)n1. The average Bonchev–Trinajstić information content (AvgIpc) is 2.84. The number of rotatable bonds is 4. The second-order valence-electron chi connectivity index (χ2n) is 5.56. The molecule has 0 saturated carbocycles. The molecule has 2 amide bonds. The number of hydrogen-bond donors (Lipinski definition) is 2. The number of likely N-dealkylation sites (tertiary alicyclic amines) is 1. The van der Waals surface area contributed by atoms with Crippen LogP contribution in [0.1, 0.15) is 25.5 Å². The van der Waals surface area contributed by atoms with E-state index in [0.717, 1.165) is 5.69 Å². The molecule has 2 rings (SSSR count). The fraction of sp³-hybridized carbons (Fsp3) is 0.643. The summed E-state index contributed by atoms with van der Waals surface area (Å²) in [6, 6.07) is 1.75. The van der Waals surface area contributed by atoms with Gasteiger partial charge < -0.3 is 15.3 Å². The number of carboxylic acid groups (broad SMARTS) is 1. The molecule has 1 aromatic heterocycles. The van der Waals surface area contributed by atoms with Crippen LogP contribution < -0.4 is 5.32 Å². The number of piperidine rings is 1. The summed E-state index contributed by atoms with van der Waals surface area (Å²) in [4.78, 5) is 24.8. The van der Waals surface area contributed by atoms with E-state index in [9.17, 15) is 9.59 Å². The number of carboxylic acids is 1. The fourth-order valence-corrected chi connectivity index (χ4v) is 2.69. The van der Waals surface area contributed by atoms with E-state index in [-0.39, 0.29) is 18.0 Å². The highest BCUT2D eigenvalue weighted by molar-refractivity contribution is 5.75. The first-order chi connectivity index (χ1) is 9.97. The van der Waals surface area contributed by atoms with Gasteiger partial charge in [-0.1, -0.05) is 0 Å². The van der Waals surface area contributed by atoms with Gasteiger partial charge in [-0.2, -0.15) is 5.10 Å². The summed E-state index contributed by atoms with van der Waals surface area (Å²) < 4.78 is 1.73. The first-order valence-electron chi connectivity index (χ1n) is 7.23. The Bertz CT molecular complexity index is 514. The highest BCUT2D eigenvalue weighted by Gasteiger charge is 2.31. The quantitative estimate of drug-likeness (QED) is 0.862. The molecule has 7 nitrogen and oxygen atoms in total. The van der Waals surface area contributed by atoms with Gasteiger partial charge >= 0.3 is 12.0 Å². The van der Waals surface area contributed by atoms with Gasteiger partial charge in [-0.3, -0.25) is 9.48 Å². The molecule has 2 heterocycles. The van der Waals surface area contributed by atoms with Crippen molar-refractivity contribution in [3.8, 4) is 0 Å². The molecular formula is C14H22N4O3. The molecule has 2 N–H and O–H groups in total. The Hall–Kier alpha value is -2.05. The lowest BCUT2D eigenvalue weighted by molar-refractivity contribution is -0.143. The summed E-state index contributed by atoms with van der Waals surface area (Å²) in [5.74, 6) is -1.10. The van der Waals surface area contributed by atoms with Gasteiger partial charge in [0.1, 0.15) is 0 Å². The minimum Gasteiger partial charge on any atom is -0.481 e. The number of aryl methyl sites for hydroxylation is 1. The van der Waals surface area contributed by atoms with Gasteiger partial charge in [0.15, 0.2) is 0 Å². The van der Waals surface area contributed by atoms with Crippen molar-refractivity contribution in [1.82, 2.24) is 20.0 Å². The zero-order valence-corrected chi connectivity index (χ0v) is 12.5. The maximum absolute atomic E-state index is 12.1. The topological polar surface area (TPSA) is 87.5 Å².